The molecular formula is C11H16F3NO4SSi. The summed E-state index contributed by atoms with van der Waals surface area (Å²) in [5, 5.41) is 9.19. The van der Waals surface area contributed by atoms with Crippen molar-refractivity contribution in [1.29, 1.82) is 0 Å². The molecule has 0 amide bonds. The van der Waals surface area contributed by atoms with Gasteiger partial charge in [0.25, 0.3) is 0 Å². The number of alkyl halides is 3. The molecule has 0 fully saturated rings. The summed E-state index contributed by atoms with van der Waals surface area (Å²) in [4.78, 5) is 0. The Bertz CT molecular complexity index is 611. The molecular weight excluding hydrogens is 327 g/mol. The van der Waals surface area contributed by atoms with Gasteiger partial charge in [-0.15, -0.1) is 0 Å². The smallest absolute Gasteiger partial charge is 0.376 e. The molecule has 1 aromatic rings. The van der Waals surface area contributed by atoms with Gasteiger partial charge in [0.1, 0.15) is 5.75 Å². The number of rotatable bonds is 5. The van der Waals surface area contributed by atoms with Gasteiger partial charge in [0.2, 0.25) is 0 Å². The highest BCUT2D eigenvalue weighted by Crippen LogP contribution is 2.28. The molecule has 1 rings (SSSR count). The van der Waals surface area contributed by atoms with E-state index in [9.17, 15) is 21.6 Å². The van der Waals surface area contributed by atoms with Crippen LogP contribution in [0, 0.1) is 0 Å². The van der Waals surface area contributed by atoms with E-state index in [-0.39, 0.29) is 12.3 Å². The summed E-state index contributed by atoms with van der Waals surface area (Å²) in [6.07, 6.45) is 0. The number of benzene rings is 1. The second kappa shape index (κ2) is 5.95. The summed E-state index contributed by atoms with van der Waals surface area (Å²) < 4.78 is 64.0. The number of hydrogen-bond donors (Lipinski definition) is 2. The van der Waals surface area contributed by atoms with E-state index in [4.69, 9.17) is 5.21 Å². The Morgan fingerprint density at radius 3 is 2.29 bits per heavy atom. The van der Waals surface area contributed by atoms with Crippen molar-refractivity contribution in [3.8, 4) is 5.75 Å². The second-order valence-electron chi connectivity index (χ2n) is 5.36. The van der Waals surface area contributed by atoms with E-state index in [1.807, 2.05) is 25.1 Å². The van der Waals surface area contributed by atoms with Gasteiger partial charge in [-0.1, -0.05) is 31.8 Å². The van der Waals surface area contributed by atoms with E-state index < -0.39 is 23.7 Å². The van der Waals surface area contributed by atoms with Gasteiger partial charge in [0.05, 0.1) is 8.07 Å². The Labute approximate surface area is 121 Å². The molecule has 120 valence electrons. The van der Waals surface area contributed by atoms with Crippen molar-refractivity contribution >= 4 is 23.4 Å². The highest BCUT2D eigenvalue weighted by Gasteiger charge is 2.49. The number of hydroxylamine groups is 1. The lowest BCUT2D eigenvalue weighted by Crippen LogP contribution is -2.43. The van der Waals surface area contributed by atoms with E-state index in [1.54, 1.807) is 6.07 Å². The van der Waals surface area contributed by atoms with Gasteiger partial charge in [-0.3, -0.25) is 0 Å². The van der Waals surface area contributed by atoms with Gasteiger partial charge in [-0.05, 0) is 16.8 Å². The van der Waals surface area contributed by atoms with Crippen LogP contribution in [0.1, 0.15) is 5.56 Å². The third kappa shape index (κ3) is 4.19. The third-order valence-corrected chi connectivity index (χ3v) is 5.65. The molecule has 2 N–H and O–H groups in total. The maximum atomic E-state index is 12.4. The molecule has 10 heteroatoms. The summed E-state index contributed by atoms with van der Waals surface area (Å²) in [6.45, 7) is 5.46. The topological polar surface area (TPSA) is 75.6 Å². The number of halogens is 3. The standard InChI is InChI=1S/C11H16F3NO4SSi/c1-21(2,3)10-8(7-15-16)5-4-6-9(10)19-20(17,18)11(12,13)14/h4-6,15-16H,7H2,1-3H3. The molecule has 0 saturated carbocycles. The Balaban J connectivity index is 3.41. The molecule has 0 spiro atoms. The predicted molar refractivity (Wildman–Crippen MR) is 73.7 cm³/mol. The summed E-state index contributed by atoms with van der Waals surface area (Å²) in [5.74, 6) is -0.348. The highest BCUT2D eigenvalue weighted by atomic mass is 32.2. The van der Waals surface area contributed by atoms with Gasteiger partial charge >= 0.3 is 15.6 Å². The van der Waals surface area contributed by atoms with Crippen LogP contribution in [0.25, 0.3) is 0 Å². The Morgan fingerprint density at radius 1 is 1.29 bits per heavy atom. The van der Waals surface area contributed by atoms with Gasteiger partial charge in [0.15, 0.2) is 0 Å². The van der Waals surface area contributed by atoms with E-state index in [1.165, 1.54) is 12.1 Å². The van der Waals surface area contributed by atoms with Crippen molar-refractivity contribution in [3.05, 3.63) is 23.8 Å². The number of hydrogen-bond acceptors (Lipinski definition) is 5. The van der Waals surface area contributed by atoms with Crippen molar-refractivity contribution in [2.75, 3.05) is 0 Å². The van der Waals surface area contributed by atoms with Crippen LogP contribution >= 0.6 is 0 Å². The molecule has 21 heavy (non-hydrogen) atoms. The zero-order valence-electron chi connectivity index (χ0n) is 11.7. The van der Waals surface area contributed by atoms with E-state index >= 15 is 0 Å². The fraction of sp³-hybridized carbons (Fsp3) is 0.455. The molecule has 0 unspecified atom stereocenters. The summed E-state index contributed by atoms with van der Waals surface area (Å²) in [7, 11) is -7.95. The van der Waals surface area contributed by atoms with E-state index in [0.717, 1.165) is 0 Å². The molecule has 1 aromatic carbocycles. The van der Waals surface area contributed by atoms with Crippen LogP contribution < -0.4 is 14.8 Å². The minimum atomic E-state index is -5.73. The van der Waals surface area contributed by atoms with Gasteiger partial charge in [-0.2, -0.15) is 21.6 Å². The van der Waals surface area contributed by atoms with Crippen LogP contribution in [0.4, 0.5) is 13.2 Å². The first-order chi connectivity index (χ1) is 9.40. The monoisotopic (exact) mass is 343 g/mol. The zero-order chi connectivity index (χ0) is 16.5. The van der Waals surface area contributed by atoms with Gasteiger partial charge in [-0.25, -0.2) is 5.48 Å². The Morgan fingerprint density at radius 2 is 1.86 bits per heavy atom. The lowest BCUT2D eigenvalue weighted by Gasteiger charge is -2.24. The molecule has 0 aromatic heterocycles. The van der Waals surface area contributed by atoms with Crippen LogP contribution in [-0.4, -0.2) is 27.2 Å². The maximum absolute atomic E-state index is 12.4. The molecule has 0 radical (unpaired) electrons. The van der Waals surface area contributed by atoms with Crippen LogP contribution in [-0.2, 0) is 16.7 Å². The van der Waals surface area contributed by atoms with Crippen LogP contribution in [0.2, 0.25) is 19.6 Å². The molecule has 0 saturated heterocycles. The quantitative estimate of drug-likeness (QED) is 0.370. The van der Waals surface area contributed by atoms with Crippen LogP contribution in [0.5, 0.6) is 5.75 Å². The first-order valence-electron chi connectivity index (χ1n) is 5.90. The first-order valence-corrected chi connectivity index (χ1v) is 10.8. The van der Waals surface area contributed by atoms with Crippen LogP contribution in [0.3, 0.4) is 0 Å². The minimum absolute atomic E-state index is 0.0249. The molecule has 0 aliphatic rings. The van der Waals surface area contributed by atoms with E-state index in [0.29, 0.717) is 10.8 Å². The Kier molecular flexibility index (Phi) is 5.08. The average Bonchev–Trinajstić information content (AvgIpc) is 2.25. The summed E-state index contributed by atoms with van der Waals surface area (Å²) in [5.41, 5.74) is -3.09. The van der Waals surface area contributed by atoms with Crippen molar-refractivity contribution in [3.63, 3.8) is 0 Å². The summed E-state index contributed by atoms with van der Waals surface area (Å²) in [6, 6.07) is 4.14. The fourth-order valence-corrected chi connectivity index (χ4v) is 4.45. The highest BCUT2D eigenvalue weighted by molar-refractivity contribution is 7.88. The predicted octanol–water partition coefficient (Wildman–Crippen LogP) is 1.94. The third-order valence-electron chi connectivity index (χ3n) is 2.61. The average molecular weight is 343 g/mol. The number of nitrogens with one attached hydrogen (secondary N) is 1. The SMILES string of the molecule is C[Si](C)(C)c1c(CNO)cccc1OS(=O)(=O)C(F)(F)F. The first kappa shape index (κ1) is 17.9. The fourth-order valence-electron chi connectivity index (χ4n) is 1.90. The maximum Gasteiger partial charge on any atom is 0.534 e. The van der Waals surface area contributed by atoms with Gasteiger partial charge in [0, 0.05) is 6.54 Å². The molecule has 5 nitrogen and oxygen atoms in total. The summed E-state index contributed by atoms with van der Waals surface area (Å²) >= 11 is 0. The molecule has 0 aliphatic heterocycles. The van der Waals surface area contributed by atoms with Crippen molar-refractivity contribution < 1.29 is 31.0 Å². The second-order valence-corrected chi connectivity index (χ2v) is 11.9. The zero-order valence-corrected chi connectivity index (χ0v) is 13.5. The lowest BCUT2D eigenvalue weighted by atomic mass is 10.2. The van der Waals surface area contributed by atoms with Crippen molar-refractivity contribution in [2.45, 2.75) is 31.7 Å². The van der Waals surface area contributed by atoms with Gasteiger partial charge < -0.3 is 9.39 Å². The van der Waals surface area contributed by atoms with Crippen LogP contribution in [0.15, 0.2) is 18.2 Å². The van der Waals surface area contributed by atoms with Crippen molar-refractivity contribution in [2.24, 2.45) is 0 Å². The van der Waals surface area contributed by atoms with E-state index in [2.05, 4.69) is 4.18 Å². The lowest BCUT2D eigenvalue weighted by molar-refractivity contribution is -0.0499. The molecule has 0 heterocycles. The normalized spacial score (nSPS) is 13.3. The van der Waals surface area contributed by atoms with Crippen molar-refractivity contribution in [1.82, 2.24) is 5.48 Å². The molecule has 0 aliphatic carbocycles. The minimum Gasteiger partial charge on any atom is -0.376 e. The molecule has 0 atom stereocenters. The Hall–Kier alpha value is -1.10. The largest absolute Gasteiger partial charge is 0.534 e. The molecule has 0 bridgehead atoms.